The van der Waals surface area contributed by atoms with Crippen molar-refractivity contribution in [1.82, 2.24) is 20.1 Å². The Labute approximate surface area is 175 Å². The van der Waals surface area contributed by atoms with Crippen LogP contribution in [0.1, 0.15) is 31.9 Å². The van der Waals surface area contributed by atoms with E-state index >= 15 is 0 Å². The monoisotopic (exact) mass is 416 g/mol. The van der Waals surface area contributed by atoms with Gasteiger partial charge in [0.1, 0.15) is 5.69 Å². The second-order valence-electron chi connectivity index (χ2n) is 7.43. The largest absolute Gasteiger partial charge is 0.493 e. The number of nitrogens with one attached hydrogen (secondary N) is 1. The molecule has 1 aliphatic heterocycles. The van der Waals surface area contributed by atoms with E-state index in [-0.39, 0.29) is 35.8 Å². The molecule has 0 bridgehead atoms. The van der Waals surface area contributed by atoms with E-state index in [1.54, 1.807) is 12.1 Å². The molecule has 0 spiro atoms. The third-order valence-corrected chi connectivity index (χ3v) is 5.41. The number of amides is 1. The molecule has 0 radical (unpaired) electrons. The van der Waals surface area contributed by atoms with Crippen LogP contribution in [-0.2, 0) is 11.2 Å². The number of rotatable bonds is 7. The third kappa shape index (κ3) is 4.72. The van der Waals surface area contributed by atoms with Crippen LogP contribution in [0.3, 0.4) is 0 Å². The lowest BCUT2D eigenvalue weighted by Crippen LogP contribution is -2.38. The van der Waals surface area contributed by atoms with E-state index in [1.165, 1.54) is 21.3 Å². The standard InChI is InChI=1S/C21H28N4O5/c1-13-7-9-25(10-8-13)18(26)6-5-15-21(27)22-20(24-23-15)14-11-16(28-2)19(30-4)17(12-14)29-3/h11-13H,5-10H2,1-4H3,(H,22,24,27). The van der Waals surface area contributed by atoms with E-state index in [0.29, 0.717) is 28.7 Å². The minimum absolute atomic E-state index is 0.0526. The van der Waals surface area contributed by atoms with Crippen molar-refractivity contribution in [3.05, 3.63) is 28.2 Å². The molecule has 9 nitrogen and oxygen atoms in total. The van der Waals surface area contributed by atoms with Crippen molar-refractivity contribution in [3.8, 4) is 28.6 Å². The van der Waals surface area contributed by atoms with Gasteiger partial charge in [-0.05, 0) is 30.9 Å². The van der Waals surface area contributed by atoms with E-state index in [2.05, 4.69) is 22.1 Å². The van der Waals surface area contributed by atoms with Gasteiger partial charge in [0.05, 0.1) is 21.3 Å². The molecule has 162 valence electrons. The number of aromatic amines is 1. The average molecular weight is 416 g/mol. The number of hydrogen-bond acceptors (Lipinski definition) is 7. The molecule has 0 atom stereocenters. The molecule has 9 heteroatoms. The highest BCUT2D eigenvalue weighted by Crippen LogP contribution is 2.40. The summed E-state index contributed by atoms with van der Waals surface area (Å²) in [6.45, 7) is 3.76. The minimum atomic E-state index is -0.367. The van der Waals surface area contributed by atoms with Crippen LogP contribution in [0, 0.1) is 5.92 Å². The van der Waals surface area contributed by atoms with E-state index in [9.17, 15) is 9.59 Å². The zero-order valence-corrected chi connectivity index (χ0v) is 17.9. The number of aromatic nitrogens is 3. The summed E-state index contributed by atoms with van der Waals surface area (Å²) in [7, 11) is 4.54. The summed E-state index contributed by atoms with van der Waals surface area (Å²) in [4.78, 5) is 29.5. The molecule has 2 heterocycles. The van der Waals surface area contributed by atoms with Crippen LogP contribution >= 0.6 is 0 Å². The van der Waals surface area contributed by atoms with Crippen molar-refractivity contribution in [2.24, 2.45) is 5.92 Å². The van der Waals surface area contributed by atoms with E-state index in [1.807, 2.05) is 4.90 Å². The number of benzene rings is 1. The highest BCUT2D eigenvalue weighted by Gasteiger charge is 2.21. The molecule has 1 aromatic heterocycles. The molecule has 1 N–H and O–H groups in total. The lowest BCUT2D eigenvalue weighted by Gasteiger charge is -2.30. The Bertz CT molecular complexity index is 926. The van der Waals surface area contributed by atoms with Crippen molar-refractivity contribution in [2.75, 3.05) is 34.4 Å². The Morgan fingerprint density at radius 2 is 1.73 bits per heavy atom. The molecule has 1 aliphatic rings. The Kier molecular flexibility index (Phi) is 6.91. The van der Waals surface area contributed by atoms with Gasteiger partial charge in [-0.15, -0.1) is 10.2 Å². The Balaban J connectivity index is 1.74. The van der Waals surface area contributed by atoms with Gasteiger partial charge in [-0.3, -0.25) is 9.59 Å². The summed E-state index contributed by atoms with van der Waals surface area (Å²) in [6.07, 6.45) is 2.55. The number of likely N-dealkylation sites (tertiary alicyclic amines) is 1. The lowest BCUT2D eigenvalue weighted by atomic mass is 9.99. The first-order chi connectivity index (χ1) is 14.5. The van der Waals surface area contributed by atoms with Crippen LogP contribution in [0.15, 0.2) is 16.9 Å². The van der Waals surface area contributed by atoms with Gasteiger partial charge in [0.25, 0.3) is 5.56 Å². The van der Waals surface area contributed by atoms with Crippen LogP contribution in [0.25, 0.3) is 11.4 Å². The van der Waals surface area contributed by atoms with Crippen molar-refractivity contribution >= 4 is 5.91 Å². The average Bonchev–Trinajstić information content (AvgIpc) is 2.77. The minimum Gasteiger partial charge on any atom is -0.493 e. The van der Waals surface area contributed by atoms with Gasteiger partial charge >= 0.3 is 0 Å². The van der Waals surface area contributed by atoms with Gasteiger partial charge in [-0.1, -0.05) is 6.92 Å². The molecular weight excluding hydrogens is 388 g/mol. The van der Waals surface area contributed by atoms with Crippen LogP contribution in [0.4, 0.5) is 0 Å². The summed E-state index contributed by atoms with van der Waals surface area (Å²) in [5, 5.41) is 8.19. The van der Waals surface area contributed by atoms with Gasteiger partial charge in [0.2, 0.25) is 11.7 Å². The fourth-order valence-electron chi connectivity index (χ4n) is 3.51. The fourth-order valence-corrected chi connectivity index (χ4v) is 3.51. The number of carbonyl (C=O) groups excluding carboxylic acids is 1. The first-order valence-electron chi connectivity index (χ1n) is 10.0. The Morgan fingerprint density at radius 3 is 2.27 bits per heavy atom. The lowest BCUT2D eigenvalue weighted by molar-refractivity contribution is -0.132. The molecular formula is C21H28N4O5. The smallest absolute Gasteiger partial charge is 0.273 e. The zero-order chi connectivity index (χ0) is 21.7. The van der Waals surface area contributed by atoms with Crippen LogP contribution in [0.2, 0.25) is 0 Å². The maximum atomic E-state index is 12.5. The zero-order valence-electron chi connectivity index (χ0n) is 17.9. The number of hydrogen-bond donors (Lipinski definition) is 1. The molecule has 3 rings (SSSR count). The van der Waals surface area contributed by atoms with Gasteiger partial charge < -0.3 is 24.1 Å². The van der Waals surface area contributed by atoms with Crippen LogP contribution in [0.5, 0.6) is 17.2 Å². The maximum absolute atomic E-state index is 12.5. The summed E-state index contributed by atoms with van der Waals surface area (Å²) >= 11 is 0. The van der Waals surface area contributed by atoms with Gasteiger partial charge in [0.15, 0.2) is 17.3 Å². The summed E-state index contributed by atoms with van der Waals surface area (Å²) in [5.41, 5.74) is 0.443. The van der Waals surface area contributed by atoms with Crippen LogP contribution < -0.4 is 19.8 Å². The molecule has 1 aromatic carbocycles. The first kappa shape index (κ1) is 21.6. The predicted octanol–water partition coefficient (Wildman–Crippen LogP) is 2.05. The number of piperidine rings is 1. The molecule has 0 aliphatic carbocycles. The van der Waals surface area contributed by atoms with Crippen molar-refractivity contribution in [2.45, 2.75) is 32.6 Å². The van der Waals surface area contributed by atoms with Crippen molar-refractivity contribution in [1.29, 1.82) is 0 Å². The second-order valence-corrected chi connectivity index (χ2v) is 7.43. The fraction of sp³-hybridized carbons (Fsp3) is 0.524. The molecule has 0 saturated carbocycles. The summed E-state index contributed by atoms with van der Waals surface area (Å²) in [6, 6.07) is 3.36. The Hall–Kier alpha value is -3.10. The van der Waals surface area contributed by atoms with E-state index < -0.39 is 0 Å². The number of methoxy groups -OCH3 is 3. The van der Waals surface area contributed by atoms with Crippen LogP contribution in [-0.4, -0.2) is 60.4 Å². The molecule has 1 saturated heterocycles. The first-order valence-corrected chi connectivity index (χ1v) is 10.0. The molecule has 30 heavy (non-hydrogen) atoms. The number of ether oxygens (including phenoxy) is 3. The van der Waals surface area contributed by atoms with Crippen molar-refractivity contribution in [3.63, 3.8) is 0 Å². The Morgan fingerprint density at radius 1 is 1.10 bits per heavy atom. The highest BCUT2D eigenvalue weighted by atomic mass is 16.5. The number of nitrogens with zero attached hydrogens (tertiary/aromatic N) is 3. The number of H-pyrrole nitrogens is 1. The maximum Gasteiger partial charge on any atom is 0.273 e. The molecule has 1 amide bonds. The quantitative estimate of drug-likeness (QED) is 0.736. The van der Waals surface area contributed by atoms with E-state index in [0.717, 1.165) is 25.9 Å². The predicted molar refractivity (Wildman–Crippen MR) is 111 cm³/mol. The molecule has 0 unspecified atom stereocenters. The van der Waals surface area contributed by atoms with Gasteiger partial charge in [-0.2, -0.15) is 0 Å². The number of carbonyl (C=O) groups is 1. The topological polar surface area (TPSA) is 107 Å². The van der Waals surface area contributed by atoms with Crippen molar-refractivity contribution < 1.29 is 19.0 Å². The summed E-state index contributed by atoms with van der Waals surface area (Å²) < 4.78 is 16.0. The number of aryl methyl sites for hydroxylation is 1. The normalized spacial score (nSPS) is 14.5. The van der Waals surface area contributed by atoms with Gasteiger partial charge in [0, 0.05) is 31.5 Å². The summed E-state index contributed by atoms with van der Waals surface area (Å²) in [5.74, 6) is 2.32. The second kappa shape index (κ2) is 9.60. The molecule has 2 aromatic rings. The van der Waals surface area contributed by atoms with Gasteiger partial charge in [-0.25, -0.2) is 0 Å². The molecule has 1 fully saturated rings. The SMILES string of the molecule is COc1cc(-c2nnc(CCC(=O)N3CCC(C)CC3)c(=O)[nH]2)cc(OC)c1OC. The van der Waals surface area contributed by atoms with E-state index in [4.69, 9.17) is 14.2 Å². The highest BCUT2D eigenvalue weighted by molar-refractivity contribution is 5.76. The third-order valence-electron chi connectivity index (χ3n) is 5.41.